The van der Waals surface area contributed by atoms with Crippen LogP contribution in [0.2, 0.25) is 0 Å². The lowest BCUT2D eigenvalue weighted by Crippen LogP contribution is -2.38. The number of halogens is 1. The van der Waals surface area contributed by atoms with Crippen molar-refractivity contribution in [2.75, 3.05) is 46.6 Å². The third-order valence-electron chi connectivity index (χ3n) is 3.70. The van der Waals surface area contributed by atoms with Crippen LogP contribution in [0.4, 0.5) is 0 Å². The molecule has 1 atom stereocenters. The number of hydrogen-bond acceptors (Lipinski definition) is 4. The number of ether oxygens (including phenoxy) is 3. The van der Waals surface area contributed by atoms with Crippen LogP contribution >= 0.6 is 24.0 Å². The molecule has 0 bridgehead atoms. The molecule has 25 heavy (non-hydrogen) atoms. The second kappa shape index (κ2) is 14.1. The number of rotatable bonds is 10. The van der Waals surface area contributed by atoms with Gasteiger partial charge in [0.15, 0.2) is 5.96 Å². The van der Waals surface area contributed by atoms with E-state index in [4.69, 9.17) is 14.2 Å². The Balaban J connectivity index is 0.00000312. The zero-order chi connectivity index (χ0) is 16.9. The molecular formula is C18H30IN3O3. The number of aliphatic imine (C=N–C) groups is 1. The van der Waals surface area contributed by atoms with Crippen molar-refractivity contribution in [3.63, 3.8) is 0 Å². The Kier molecular flexibility index (Phi) is 12.4. The van der Waals surface area contributed by atoms with Crippen molar-refractivity contribution < 1.29 is 14.2 Å². The van der Waals surface area contributed by atoms with Gasteiger partial charge >= 0.3 is 0 Å². The lowest BCUT2D eigenvalue weighted by molar-refractivity contribution is 0.0420. The summed E-state index contributed by atoms with van der Waals surface area (Å²) < 4.78 is 16.7. The quantitative estimate of drug-likeness (QED) is 0.242. The lowest BCUT2D eigenvalue weighted by Gasteiger charge is -2.13. The van der Waals surface area contributed by atoms with Gasteiger partial charge in [-0.25, -0.2) is 0 Å². The van der Waals surface area contributed by atoms with Crippen LogP contribution in [0, 0.1) is 0 Å². The zero-order valence-corrected chi connectivity index (χ0v) is 17.2. The van der Waals surface area contributed by atoms with E-state index < -0.39 is 0 Å². The van der Waals surface area contributed by atoms with Crippen molar-refractivity contribution in [2.24, 2.45) is 4.99 Å². The first-order valence-electron chi connectivity index (χ1n) is 8.70. The highest BCUT2D eigenvalue weighted by Gasteiger charge is 2.15. The predicted molar refractivity (Wildman–Crippen MR) is 111 cm³/mol. The summed E-state index contributed by atoms with van der Waals surface area (Å²) in [5.41, 5.74) is 0. The van der Waals surface area contributed by atoms with Crippen LogP contribution in [0.5, 0.6) is 5.75 Å². The Morgan fingerprint density at radius 2 is 1.88 bits per heavy atom. The molecule has 0 aromatic heterocycles. The minimum absolute atomic E-state index is 0. The fraction of sp³-hybridized carbons (Fsp3) is 0.611. The highest BCUT2D eigenvalue weighted by atomic mass is 127. The molecule has 1 aliphatic rings. The van der Waals surface area contributed by atoms with E-state index in [2.05, 4.69) is 15.6 Å². The van der Waals surface area contributed by atoms with E-state index in [1.807, 2.05) is 30.3 Å². The summed E-state index contributed by atoms with van der Waals surface area (Å²) in [4.78, 5) is 4.21. The second-order valence-electron chi connectivity index (χ2n) is 5.65. The van der Waals surface area contributed by atoms with Crippen LogP contribution in [0.1, 0.15) is 19.3 Å². The molecule has 0 aliphatic carbocycles. The molecule has 1 aromatic rings. The molecule has 6 nitrogen and oxygen atoms in total. The monoisotopic (exact) mass is 463 g/mol. The van der Waals surface area contributed by atoms with Gasteiger partial charge < -0.3 is 24.8 Å². The Bertz CT molecular complexity index is 468. The van der Waals surface area contributed by atoms with E-state index >= 15 is 0 Å². The van der Waals surface area contributed by atoms with Gasteiger partial charge in [-0.3, -0.25) is 4.99 Å². The van der Waals surface area contributed by atoms with Crippen LogP contribution in [-0.4, -0.2) is 58.6 Å². The van der Waals surface area contributed by atoms with Gasteiger partial charge in [0.1, 0.15) is 5.75 Å². The topological polar surface area (TPSA) is 64.1 Å². The van der Waals surface area contributed by atoms with Gasteiger partial charge in [0.2, 0.25) is 0 Å². The molecule has 1 unspecified atom stereocenters. The average Bonchev–Trinajstić information content (AvgIpc) is 3.14. The highest BCUT2D eigenvalue weighted by molar-refractivity contribution is 14.0. The standard InChI is InChI=1S/C18H29N3O3.HI/c1-19-18(21-11-6-13-24-17-9-14-22-15-17)20-10-5-12-23-16-7-3-2-4-8-16;/h2-4,7-8,17H,5-6,9-15H2,1H3,(H2,19,20,21);1H. The van der Waals surface area contributed by atoms with Crippen molar-refractivity contribution in [1.29, 1.82) is 0 Å². The average molecular weight is 463 g/mol. The molecule has 0 saturated carbocycles. The summed E-state index contributed by atoms with van der Waals surface area (Å²) in [6.07, 6.45) is 3.17. The van der Waals surface area contributed by atoms with Gasteiger partial charge in [-0.2, -0.15) is 0 Å². The van der Waals surface area contributed by atoms with Gasteiger partial charge in [-0.05, 0) is 31.4 Å². The second-order valence-corrected chi connectivity index (χ2v) is 5.65. The van der Waals surface area contributed by atoms with Crippen molar-refractivity contribution >= 4 is 29.9 Å². The molecule has 1 saturated heterocycles. The normalized spacial score (nSPS) is 17.0. The van der Waals surface area contributed by atoms with Crippen molar-refractivity contribution in [3.05, 3.63) is 30.3 Å². The van der Waals surface area contributed by atoms with E-state index in [1.165, 1.54) is 0 Å². The van der Waals surface area contributed by atoms with Crippen LogP contribution in [0.3, 0.4) is 0 Å². The maximum atomic E-state index is 5.73. The van der Waals surface area contributed by atoms with E-state index in [0.717, 1.165) is 63.9 Å². The predicted octanol–water partition coefficient (Wildman–Crippen LogP) is 2.43. The molecule has 0 amide bonds. The Labute approximate surface area is 167 Å². The summed E-state index contributed by atoms with van der Waals surface area (Å²) in [6.45, 7) is 4.67. The van der Waals surface area contributed by atoms with Crippen molar-refractivity contribution in [2.45, 2.75) is 25.4 Å². The minimum atomic E-state index is 0. The van der Waals surface area contributed by atoms with Crippen LogP contribution in [0.25, 0.3) is 0 Å². The van der Waals surface area contributed by atoms with Gasteiger partial charge in [-0.1, -0.05) is 18.2 Å². The Morgan fingerprint density at radius 1 is 1.16 bits per heavy atom. The van der Waals surface area contributed by atoms with E-state index in [0.29, 0.717) is 6.61 Å². The van der Waals surface area contributed by atoms with Gasteiger partial charge in [-0.15, -0.1) is 24.0 Å². The first kappa shape index (κ1) is 22.0. The molecule has 0 spiro atoms. The van der Waals surface area contributed by atoms with Gasteiger partial charge in [0, 0.05) is 33.4 Å². The van der Waals surface area contributed by atoms with Crippen LogP contribution in [0.15, 0.2) is 35.3 Å². The minimum Gasteiger partial charge on any atom is -0.494 e. The smallest absolute Gasteiger partial charge is 0.190 e. The molecule has 7 heteroatoms. The van der Waals surface area contributed by atoms with Gasteiger partial charge in [0.05, 0.1) is 19.3 Å². The maximum absolute atomic E-state index is 5.73. The fourth-order valence-electron chi connectivity index (χ4n) is 2.38. The molecular weight excluding hydrogens is 433 g/mol. The molecule has 0 radical (unpaired) electrons. The lowest BCUT2D eigenvalue weighted by atomic mass is 10.3. The number of para-hydroxylation sites is 1. The number of benzene rings is 1. The Morgan fingerprint density at radius 3 is 2.52 bits per heavy atom. The first-order valence-corrected chi connectivity index (χ1v) is 8.70. The molecule has 2 N–H and O–H groups in total. The maximum Gasteiger partial charge on any atom is 0.190 e. The largest absolute Gasteiger partial charge is 0.494 e. The van der Waals surface area contributed by atoms with Crippen LogP contribution < -0.4 is 15.4 Å². The molecule has 1 fully saturated rings. The third kappa shape index (κ3) is 9.86. The van der Waals surface area contributed by atoms with E-state index in [9.17, 15) is 0 Å². The summed E-state index contributed by atoms with van der Waals surface area (Å²) >= 11 is 0. The number of nitrogens with zero attached hydrogens (tertiary/aromatic N) is 1. The number of guanidine groups is 1. The first-order chi connectivity index (χ1) is 11.9. The van der Waals surface area contributed by atoms with E-state index in [-0.39, 0.29) is 30.1 Å². The molecule has 1 aromatic carbocycles. The van der Waals surface area contributed by atoms with Crippen LogP contribution in [-0.2, 0) is 9.47 Å². The van der Waals surface area contributed by atoms with E-state index in [1.54, 1.807) is 7.05 Å². The fourth-order valence-corrected chi connectivity index (χ4v) is 2.38. The zero-order valence-electron chi connectivity index (χ0n) is 14.9. The van der Waals surface area contributed by atoms with Crippen molar-refractivity contribution in [1.82, 2.24) is 10.6 Å². The summed E-state index contributed by atoms with van der Waals surface area (Å²) in [5, 5.41) is 6.58. The number of hydrogen-bond donors (Lipinski definition) is 2. The highest BCUT2D eigenvalue weighted by Crippen LogP contribution is 2.08. The molecule has 1 heterocycles. The third-order valence-corrected chi connectivity index (χ3v) is 3.70. The summed E-state index contributed by atoms with van der Waals surface area (Å²) in [5.74, 6) is 1.73. The summed E-state index contributed by atoms with van der Waals surface area (Å²) in [6, 6.07) is 9.86. The Hall–Kier alpha value is -1.06. The SMILES string of the molecule is CN=C(NCCCOc1ccccc1)NCCCOC1CCOC1.I. The van der Waals surface area contributed by atoms with Crippen molar-refractivity contribution in [3.8, 4) is 5.75 Å². The molecule has 2 rings (SSSR count). The molecule has 1 aliphatic heterocycles. The number of nitrogens with one attached hydrogen (secondary N) is 2. The molecule has 142 valence electrons. The summed E-state index contributed by atoms with van der Waals surface area (Å²) in [7, 11) is 1.78. The van der Waals surface area contributed by atoms with Gasteiger partial charge in [0.25, 0.3) is 0 Å².